The lowest BCUT2D eigenvalue weighted by Gasteiger charge is -2.22. The number of carbonyl (C=O) groups excluding carboxylic acids is 1. The molecule has 8 nitrogen and oxygen atoms in total. The molecule has 212 valence electrons. The van der Waals surface area contributed by atoms with Crippen LogP contribution in [0.5, 0.6) is 0 Å². The number of nitrogens with two attached hydrogens (primary N) is 1. The van der Waals surface area contributed by atoms with Gasteiger partial charge in [0.05, 0.1) is 11.4 Å². The van der Waals surface area contributed by atoms with Gasteiger partial charge in [0.25, 0.3) is 5.56 Å². The number of nitrogens with zero attached hydrogens (tertiary/aromatic N) is 3. The van der Waals surface area contributed by atoms with Crippen LogP contribution in [-0.2, 0) is 21.2 Å². The molecule has 40 heavy (non-hydrogen) atoms. The number of fused-ring (bicyclic) bond motifs is 2. The number of pyridine rings is 1. The van der Waals surface area contributed by atoms with Crippen LogP contribution >= 0.6 is 0 Å². The molecule has 1 aliphatic rings. The minimum atomic E-state index is -3.19. The van der Waals surface area contributed by atoms with Crippen molar-refractivity contribution in [1.82, 2.24) is 9.47 Å². The number of hydrogen-bond acceptors (Lipinski definition) is 6. The minimum absolute atomic E-state index is 0.00488. The van der Waals surface area contributed by atoms with Gasteiger partial charge in [-0.2, -0.15) is 0 Å². The van der Waals surface area contributed by atoms with Crippen LogP contribution in [0.1, 0.15) is 49.9 Å². The van der Waals surface area contributed by atoms with Gasteiger partial charge in [-0.15, -0.1) is 0 Å². The summed E-state index contributed by atoms with van der Waals surface area (Å²) in [6.45, 7) is 9.48. The third-order valence-electron chi connectivity index (χ3n) is 7.20. The van der Waals surface area contributed by atoms with Crippen molar-refractivity contribution >= 4 is 44.1 Å². The summed E-state index contributed by atoms with van der Waals surface area (Å²) in [6.07, 6.45) is 5.18. The molecule has 1 aliphatic heterocycles. The van der Waals surface area contributed by atoms with Crippen LogP contribution in [0, 0.1) is 13.8 Å². The highest BCUT2D eigenvalue weighted by Crippen LogP contribution is 2.35. The molecule has 0 atom stereocenters. The summed E-state index contributed by atoms with van der Waals surface area (Å²) in [6, 6.07) is 11.6. The lowest BCUT2D eigenvalue weighted by Crippen LogP contribution is -2.34. The van der Waals surface area contributed by atoms with Gasteiger partial charge in [0.1, 0.15) is 15.7 Å². The predicted molar refractivity (Wildman–Crippen MR) is 164 cm³/mol. The fourth-order valence-corrected chi connectivity index (χ4v) is 5.75. The first-order valence-electron chi connectivity index (χ1n) is 13.7. The van der Waals surface area contributed by atoms with E-state index in [-0.39, 0.29) is 23.8 Å². The summed E-state index contributed by atoms with van der Waals surface area (Å²) >= 11 is 0. The Balaban J connectivity index is 1.74. The number of amides is 1. The summed E-state index contributed by atoms with van der Waals surface area (Å²) in [5.41, 5.74) is 11.9. The molecule has 0 saturated carbocycles. The number of aryl methyl sites for hydroxylation is 2. The Morgan fingerprint density at radius 3 is 2.40 bits per heavy atom. The Kier molecular flexibility index (Phi) is 8.63. The summed E-state index contributed by atoms with van der Waals surface area (Å²) in [5.74, 6) is 0.309. The van der Waals surface area contributed by atoms with Gasteiger partial charge in [-0.3, -0.25) is 9.59 Å². The van der Waals surface area contributed by atoms with E-state index in [0.717, 1.165) is 40.5 Å². The molecule has 4 rings (SSSR count). The van der Waals surface area contributed by atoms with Crippen molar-refractivity contribution in [2.45, 2.75) is 53.5 Å². The van der Waals surface area contributed by atoms with Gasteiger partial charge >= 0.3 is 0 Å². The maximum Gasteiger partial charge on any atom is 0.258 e. The average Bonchev–Trinajstić information content (AvgIpc) is 3.05. The van der Waals surface area contributed by atoms with Gasteiger partial charge in [0.2, 0.25) is 5.91 Å². The lowest BCUT2D eigenvalue weighted by atomic mass is 9.95. The van der Waals surface area contributed by atoms with Gasteiger partial charge in [0, 0.05) is 54.5 Å². The van der Waals surface area contributed by atoms with Gasteiger partial charge in [-0.1, -0.05) is 26.0 Å². The molecular weight excluding hydrogens is 524 g/mol. The van der Waals surface area contributed by atoms with Crippen molar-refractivity contribution in [3.63, 3.8) is 0 Å². The van der Waals surface area contributed by atoms with E-state index >= 15 is 0 Å². The standard InChI is InChI=1S/C31H38N4O4S/c1-6-10-34(11-7-2)30(36)25-17-27-20(3)14-23(18-28(27)33-29(32)19-25)22-8-9-26-24(16-22)15-21(4)35(31(26)37)12-13-40(5,38)39/h8-9,14-18H,6-7,10-13,19H2,1-5H3,(H2,32,33). The molecule has 0 saturated heterocycles. The zero-order chi connectivity index (χ0) is 29.2. The molecular formula is C31H38N4O4S. The summed E-state index contributed by atoms with van der Waals surface area (Å²) < 4.78 is 24.8. The second-order valence-electron chi connectivity index (χ2n) is 10.6. The van der Waals surface area contributed by atoms with Crippen molar-refractivity contribution in [2.24, 2.45) is 10.7 Å². The SMILES string of the molecule is CCCN(CCC)C(=O)C1=Cc2c(C)cc(-c3ccc4c(=O)n(CCS(C)(=O)=O)c(C)cc4c3)cc2N=C(N)C1. The number of benzene rings is 2. The number of sulfone groups is 1. The molecule has 2 aromatic carbocycles. The molecule has 1 amide bonds. The number of aromatic nitrogens is 1. The van der Waals surface area contributed by atoms with Gasteiger partial charge in [-0.05, 0) is 79.1 Å². The van der Waals surface area contributed by atoms with Crippen molar-refractivity contribution in [2.75, 3.05) is 25.1 Å². The Hall–Kier alpha value is -3.72. The van der Waals surface area contributed by atoms with Crippen LogP contribution in [0.3, 0.4) is 0 Å². The third kappa shape index (κ3) is 6.36. The second-order valence-corrected chi connectivity index (χ2v) is 12.9. The first-order valence-corrected chi connectivity index (χ1v) is 15.8. The van der Waals surface area contributed by atoms with Crippen LogP contribution in [0.25, 0.3) is 28.0 Å². The largest absolute Gasteiger partial charge is 0.387 e. The first-order chi connectivity index (χ1) is 18.9. The predicted octanol–water partition coefficient (Wildman–Crippen LogP) is 4.75. The van der Waals surface area contributed by atoms with E-state index in [2.05, 4.69) is 24.9 Å². The van der Waals surface area contributed by atoms with Crippen molar-refractivity contribution in [3.8, 4) is 11.1 Å². The monoisotopic (exact) mass is 562 g/mol. The Bertz CT molecular complexity index is 1690. The fraction of sp³-hybridized carbons (Fsp3) is 0.387. The quantitative estimate of drug-likeness (QED) is 0.404. The van der Waals surface area contributed by atoms with E-state index < -0.39 is 9.84 Å². The zero-order valence-electron chi connectivity index (χ0n) is 24.0. The average molecular weight is 563 g/mol. The van der Waals surface area contributed by atoms with Crippen LogP contribution in [0.15, 0.2) is 51.8 Å². The van der Waals surface area contributed by atoms with E-state index in [1.165, 1.54) is 10.8 Å². The smallest absolute Gasteiger partial charge is 0.258 e. The van der Waals surface area contributed by atoms with Crippen molar-refractivity contribution < 1.29 is 13.2 Å². The fourth-order valence-electron chi connectivity index (χ4n) is 5.24. The van der Waals surface area contributed by atoms with E-state index in [1.807, 2.05) is 49.1 Å². The molecule has 2 heterocycles. The molecule has 0 spiro atoms. The van der Waals surface area contributed by atoms with Crippen LogP contribution in [-0.4, -0.2) is 54.7 Å². The molecule has 0 bridgehead atoms. The van der Waals surface area contributed by atoms with Crippen molar-refractivity contribution in [1.29, 1.82) is 0 Å². The Morgan fingerprint density at radius 1 is 1.05 bits per heavy atom. The molecule has 0 radical (unpaired) electrons. The van der Waals surface area contributed by atoms with Crippen LogP contribution in [0.2, 0.25) is 0 Å². The highest BCUT2D eigenvalue weighted by molar-refractivity contribution is 7.90. The molecule has 3 aromatic rings. The topological polar surface area (TPSA) is 115 Å². The maximum atomic E-state index is 13.4. The lowest BCUT2D eigenvalue weighted by molar-refractivity contribution is -0.127. The molecule has 2 N–H and O–H groups in total. The molecule has 1 aromatic heterocycles. The van der Waals surface area contributed by atoms with Crippen LogP contribution < -0.4 is 11.3 Å². The number of amidine groups is 1. The molecule has 0 unspecified atom stereocenters. The molecule has 0 aliphatic carbocycles. The van der Waals surface area contributed by atoms with Gasteiger partial charge in [-0.25, -0.2) is 13.4 Å². The van der Waals surface area contributed by atoms with Crippen LogP contribution in [0.4, 0.5) is 5.69 Å². The number of hydrogen-bond donors (Lipinski definition) is 1. The second kappa shape index (κ2) is 11.8. The van der Waals surface area contributed by atoms with E-state index in [9.17, 15) is 18.0 Å². The minimum Gasteiger partial charge on any atom is -0.387 e. The number of rotatable bonds is 9. The highest BCUT2D eigenvalue weighted by atomic mass is 32.2. The summed E-state index contributed by atoms with van der Waals surface area (Å²) in [7, 11) is -3.19. The highest BCUT2D eigenvalue weighted by Gasteiger charge is 2.22. The zero-order valence-corrected chi connectivity index (χ0v) is 24.8. The third-order valence-corrected chi connectivity index (χ3v) is 8.13. The summed E-state index contributed by atoms with van der Waals surface area (Å²) in [5, 5.41) is 1.32. The Labute approximate surface area is 236 Å². The number of aliphatic imine (C=N–C) groups is 1. The van der Waals surface area contributed by atoms with Crippen molar-refractivity contribution in [3.05, 3.63) is 69.1 Å². The normalized spacial score (nSPS) is 13.4. The number of carbonyl (C=O) groups is 1. The first kappa shape index (κ1) is 29.3. The van der Waals surface area contributed by atoms with E-state index in [1.54, 1.807) is 6.07 Å². The van der Waals surface area contributed by atoms with E-state index in [4.69, 9.17) is 5.73 Å². The molecule has 9 heteroatoms. The summed E-state index contributed by atoms with van der Waals surface area (Å²) in [4.78, 5) is 33.1. The molecule has 0 fully saturated rings. The maximum absolute atomic E-state index is 13.4. The van der Waals surface area contributed by atoms with Gasteiger partial charge < -0.3 is 15.2 Å². The van der Waals surface area contributed by atoms with Gasteiger partial charge in [0.15, 0.2) is 0 Å². The van der Waals surface area contributed by atoms with E-state index in [0.29, 0.717) is 47.7 Å². The Morgan fingerprint density at radius 2 is 1.75 bits per heavy atom.